The Kier molecular flexibility index (Phi) is 4.15. The number of fused-ring (bicyclic) bond motifs is 1. The van der Waals surface area contributed by atoms with Gasteiger partial charge in [0.05, 0.1) is 18.1 Å². The average Bonchev–Trinajstić information content (AvgIpc) is 2.82. The van der Waals surface area contributed by atoms with E-state index in [1.165, 1.54) is 19.3 Å². The predicted octanol–water partition coefficient (Wildman–Crippen LogP) is 1.26. The fourth-order valence-corrected chi connectivity index (χ4v) is 2.56. The van der Waals surface area contributed by atoms with Crippen LogP contribution in [-0.2, 0) is 17.9 Å². The van der Waals surface area contributed by atoms with E-state index < -0.39 is 0 Å². The van der Waals surface area contributed by atoms with Gasteiger partial charge in [-0.2, -0.15) is 5.10 Å². The van der Waals surface area contributed by atoms with Gasteiger partial charge in [-0.25, -0.2) is 9.50 Å². The van der Waals surface area contributed by atoms with Crippen molar-refractivity contribution in [3.63, 3.8) is 0 Å². The third-order valence-electron chi connectivity index (χ3n) is 3.97. The summed E-state index contributed by atoms with van der Waals surface area (Å²) in [5, 5.41) is 10.4. The first-order valence-corrected chi connectivity index (χ1v) is 7.49. The van der Waals surface area contributed by atoms with Crippen LogP contribution in [0.3, 0.4) is 0 Å². The molecule has 0 radical (unpaired) electrons. The van der Waals surface area contributed by atoms with Crippen molar-refractivity contribution in [1.82, 2.24) is 25.2 Å². The number of rotatable bonds is 6. The number of amides is 1. The van der Waals surface area contributed by atoms with Gasteiger partial charge in [-0.3, -0.25) is 4.79 Å². The van der Waals surface area contributed by atoms with Crippen molar-refractivity contribution in [3.05, 3.63) is 29.7 Å². The summed E-state index contributed by atoms with van der Waals surface area (Å²) < 4.78 is 1.76. The Balaban J connectivity index is 1.59. The molecule has 0 spiro atoms. The molecule has 1 aliphatic rings. The average molecular weight is 287 g/mol. The molecule has 112 valence electrons. The van der Waals surface area contributed by atoms with E-state index in [0.717, 1.165) is 23.4 Å². The van der Waals surface area contributed by atoms with E-state index in [4.69, 9.17) is 0 Å². The maximum absolute atomic E-state index is 11.8. The van der Waals surface area contributed by atoms with Crippen LogP contribution in [0.5, 0.6) is 0 Å². The van der Waals surface area contributed by atoms with Crippen molar-refractivity contribution >= 4 is 11.6 Å². The van der Waals surface area contributed by atoms with Gasteiger partial charge >= 0.3 is 0 Å². The minimum atomic E-state index is 0.138. The fraction of sp³-hybridized carbons (Fsp3) is 0.533. The zero-order valence-electron chi connectivity index (χ0n) is 12.3. The molecular formula is C15H21N5O. The highest BCUT2D eigenvalue weighted by Gasteiger charge is 2.20. The number of nitrogens with one attached hydrogen (secondary N) is 2. The van der Waals surface area contributed by atoms with Crippen molar-refractivity contribution in [2.75, 3.05) is 7.05 Å². The molecule has 0 aromatic carbocycles. The topological polar surface area (TPSA) is 71.3 Å². The number of carbonyl (C=O) groups is 1. The second kappa shape index (κ2) is 6.22. The van der Waals surface area contributed by atoms with E-state index in [1.54, 1.807) is 10.7 Å². The lowest BCUT2D eigenvalue weighted by Crippen LogP contribution is -2.27. The fourth-order valence-electron chi connectivity index (χ4n) is 2.56. The van der Waals surface area contributed by atoms with E-state index in [1.807, 2.05) is 19.3 Å². The Hall–Kier alpha value is -1.95. The molecule has 1 fully saturated rings. The molecule has 2 aromatic rings. The van der Waals surface area contributed by atoms with E-state index in [-0.39, 0.29) is 5.91 Å². The number of imidazole rings is 1. The molecule has 1 amide bonds. The Bertz CT molecular complexity index is 632. The summed E-state index contributed by atoms with van der Waals surface area (Å²) >= 11 is 0. The molecule has 0 saturated heterocycles. The summed E-state index contributed by atoms with van der Waals surface area (Å²) in [5.74, 6) is 0.737. The molecule has 1 aliphatic carbocycles. The van der Waals surface area contributed by atoms with Gasteiger partial charge < -0.3 is 10.6 Å². The van der Waals surface area contributed by atoms with Crippen molar-refractivity contribution in [1.29, 1.82) is 0 Å². The minimum Gasteiger partial charge on any atom is -0.352 e. The van der Waals surface area contributed by atoms with Gasteiger partial charge in [0.2, 0.25) is 5.91 Å². The molecule has 6 heteroatoms. The lowest BCUT2D eigenvalue weighted by molar-refractivity contribution is -0.122. The molecule has 1 saturated carbocycles. The van der Waals surface area contributed by atoms with E-state index in [0.29, 0.717) is 18.9 Å². The van der Waals surface area contributed by atoms with Gasteiger partial charge in [-0.1, -0.05) is 6.42 Å². The molecule has 0 bridgehead atoms. The molecular weight excluding hydrogens is 266 g/mol. The van der Waals surface area contributed by atoms with Gasteiger partial charge in [-0.15, -0.1) is 0 Å². The van der Waals surface area contributed by atoms with Gasteiger partial charge in [0.15, 0.2) is 5.65 Å². The van der Waals surface area contributed by atoms with Crippen LogP contribution in [-0.4, -0.2) is 27.6 Å². The highest BCUT2D eigenvalue weighted by Crippen LogP contribution is 2.29. The molecule has 3 rings (SSSR count). The number of aromatic nitrogens is 3. The lowest BCUT2D eigenvalue weighted by atomic mass is 9.83. The number of nitrogens with zero attached hydrogens (tertiary/aromatic N) is 3. The summed E-state index contributed by atoms with van der Waals surface area (Å²) in [6.07, 6.45) is 8.01. The molecule has 21 heavy (non-hydrogen) atoms. The highest BCUT2D eigenvalue weighted by atomic mass is 16.1. The largest absolute Gasteiger partial charge is 0.352 e. The summed E-state index contributed by atoms with van der Waals surface area (Å²) in [6, 6.07) is 1.97. The maximum atomic E-state index is 11.8. The summed E-state index contributed by atoms with van der Waals surface area (Å²) in [7, 11) is 1.89. The van der Waals surface area contributed by atoms with Crippen LogP contribution >= 0.6 is 0 Å². The van der Waals surface area contributed by atoms with Crippen LogP contribution in [0.1, 0.15) is 36.9 Å². The molecule has 0 unspecified atom stereocenters. The van der Waals surface area contributed by atoms with E-state index >= 15 is 0 Å². The first kappa shape index (κ1) is 14.0. The number of hydrogen-bond donors (Lipinski definition) is 2. The van der Waals surface area contributed by atoms with Crippen LogP contribution in [0, 0.1) is 5.92 Å². The zero-order valence-corrected chi connectivity index (χ0v) is 12.3. The van der Waals surface area contributed by atoms with Gasteiger partial charge in [0.1, 0.15) is 0 Å². The second-order valence-electron chi connectivity index (χ2n) is 5.71. The first-order chi connectivity index (χ1) is 10.2. The first-order valence-electron chi connectivity index (χ1n) is 7.49. The molecule has 0 aliphatic heterocycles. The molecule has 2 N–H and O–H groups in total. The van der Waals surface area contributed by atoms with Crippen LogP contribution in [0.25, 0.3) is 5.65 Å². The lowest BCUT2D eigenvalue weighted by Gasteiger charge is -2.24. The standard InChI is InChI=1S/C15H21N5O/c1-16-9-13-10-20-14(19-13)5-12(8-18-20)7-17-15(21)6-11-3-2-4-11/h5,8,10-11,16H,2-4,6-7,9H2,1H3,(H,17,21). The van der Waals surface area contributed by atoms with Crippen molar-refractivity contribution in [3.8, 4) is 0 Å². The monoisotopic (exact) mass is 287 g/mol. The predicted molar refractivity (Wildman–Crippen MR) is 79.6 cm³/mol. The van der Waals surface area contributed by atoms with Gasteiger partial charge in [0.25, 0.3) is 0 Å². The smallest absolute Gasteiger partial charge is 0.220 e. The van der Waals surface area contributed by atoms with E-state index in [2.05, 4.69) is 20.7 Å². The third-order valence-corrected chi connectivity index (χ3v) is 3.97. The normalized spacial score (nSPS) is 15.1. The Morgan fingerprint density at radius 1 is 1.43 bits per heavy atom. The van der Waals surface area contributed by atoms with Gasteiger partial charge in [0, 0.05) is 19.5 Å². The molecule has 2 heterocycles. The molecule has 2 aromatic heterocycles. The van der Waals surface area contributed by atoms with Gasteiger partial charge in [-0.05, 0) is 37.4 Å². The zero-order chi connectivity index (χ0) is 14.7. The minimum absolute atomic E-state index is 0.138. The third kappa shape index (κ3) is 3.39. The Labute approximate surface area is 123 Å². The van der Waals surface area contributed by atoms with Crippen LogP contribution in [0.2, 0.25) is 0 Å². The second-order valence-corrected chi connectivity index (χ2v) is 5.71. The molecule has 0 atom stereocenters. The maximum Gasteiger partial charge on any atom is 0.220 e. The SMILES string of the molecule is CNCc1cn2ncc(CNC(=O)CC3CCC3)cc2n1. The van der Waals surface area contributed by atoms with Crippen LogP contribution in [0.15, 0.2) is 18.5 Å². The van der Waals surface area contributed by atoms with Crippen LogP contribution in [0.4, 0.5) is 0 Å². The Morgan fingerprint density at radius 2 is 2.29 bits per heavy atom. The van der Waals surface area contributed by atoms with E-state index in [9.17, 15) is 4.79 Å². The van der Waals surface area contributed by atoms with Crippen LogP contribution < -0.4 is 10.6 Å². The van der Waals surface area contributed by atoms with Crippen molar-refractivity contribution in [2.24, 2.45) is 5.92 Å². The van der Waals surface area contributed by atoms with Crippen molar-refractivity contribution in [2.45, 2.75) is 38.8 Å². The summed E-state index contributed by atoms with van der Waals surface area (Å²) in [5.41, 5.74) is 2.74. The Morgan fingerprint density at radius 3 is 3.00 bits per heavy atom. The highest BCUT2D eigenvalue weighted by molar-refractivity contribution is 5.76. The summed E-state index contributed by atoms with van der Waals surface area (Å²) in [6.45, 7) is 1.24. The number of carbonyl (C=O) groups excluding carboxylic acids is 1. The summed E-state index contributed by atoms with van der Waals surface area (Å²) in [4.78, 5) is 16.3. The quantitative estimate of drug-likeness (QED) is 0.839. The van der Waals surface area contributed by atoms with Crippen molar-refractivity contribution < 1.29 is 4.79 Å². The number of hydrogen-bond acceptors (Lipinski definition) is 4. The molecule has 6 nitrogen and oxygen atoms in total.